The van der Waals surface area contributed by atoms with E-state index in [9.17, 15) is 22.0 Å². The van der Waals surface area contributed by atoms with Gasteiger partial charge in [0.2, 0.25) is 0 Å². The Bertz CT molecular complexity index is 992. The zero-order valence-corrected chi connectivity index (χ0v) is 22.3. The molecule has 0 amide bonds. The summed E-state index contributed by atoms with van der Waals surface area (Å²) in [5.74, 6) is -1.83. The fourth-order valence-corrected chi connectivity index (χ4v) is 9.31. The molecule has 210 valence electrons. The van der Waals surface area contributed by atoms with E-state index in [0.717, 1.165) is 36.5 Å². The minimum atomic E-state index is -3.54. The Hall–Kier alpha value is -1.59. The van der Waals surface area contributed by atoms with Crippen molar-refractivity contribution in [1.82, 2.24) is 0 Å². The van der Waals surface area contributed by atoms with E-state index in [2.05, 4.69) is 12.2 Å². The van der Waals surface area contributed by atoms with Gasteiger partial charge in [0.15, 0.2) is 17.5 Å². The second kappa shape index (κ2) is 10.4. The molecule has 5 aliphatic rings. The molecule has 1 aromatic carbocycles. The van der Waals surface area contributed by atoms with Gasteiger partial charge in [-0.15, -0.1) is 0 Å². The molecular weight excluding hydrogens is 495 g/mol. The minimum Gasteiger partial charge on any atom is -0.432 e. The van der Waals surface area contributed by atoms with Crippen molar-refractivity contribution in [1.29, 1.82) is 0 Å². The number of alkyl halides is 2. The monoisotopic (exact) mass is 536 g/mol. The Kier molecular flexibility index (Phi) is 7.31. The molecule has 4 saturated carbocycles. The summed E-state index contributed by atoms with van der Waals surface area (Å²) in [6, 6.07) is 0.969. The third-order valence-electron chi connectivity index (χ3n) is 11.5. The van der Waals surface area contributed by atoms with Crippen molar-refractivity contribution >= 4 is 0 Å². The lowest BCUT2D eigenvalue weighted by Gasteiger charge is -2.44. The maximum Gasteiger partial charge on any atom is 0.400 e. The summed E-state index contributed by atoms with van der Waals surface area (Å²) in [5, 5.41) is 0. The van der Waals surface area contributed by atoms with E-state index in [4.69, 9.17) is 4.74 Å². The van der Waals surface area contributed by atoms with E-state index in [1.807, 2.05) is 0 Å². The van der Waals surface area contributed by atoms with Gasteiger partial charge in [-0.3, -0.25) is 0 Å². The molecule has 0 heterocycles. The minimum absolute atomic E-state index is 0.338. The zero-order chi connectivity index (χ0) is 26.5. The molecule has 0 spiro atoms. The van der Waals surface area contributed by atoms with Crippen LogP contribution in [0.3, 0.4) is 0 Å². The molecule has 4 fully saturated rings. The van der Waals surface area contributed by atoms with Gasteiger partial charge in [-0.05, 0) is 137 Å². The molecule has 0 radical (unpaired) electrons. The van der Waals surface area contributed by atoms with E-state index in [1.54, 1.807) is 0 Å². The van der Waals surface area contributed by atoms with Crippen molar-refractivity contribution in [2.75, 3.05) is 0 Å². The van der Waals surface area contributed by atoms with Crippen LogP contribution in [-0.4, -0.2) is 6.11 Å². The average molecular weight is 537 g/mol. The van der Waals surface area contributed by atoms with E-state index in [-0.39, 0.29) is 0 Å². The summed E-state index contributed by atoms with van der Waals surface area (Å²) in [6.45, 7) is 0. The average Bonchev–Trinajstić information content (AvgIpc) is 3.55. The molecule has 0 N–H and O–H groups in total. The van der Waals surface area contributed by atoms with E-state index in [0.29, 0.717) is 42.2 Å². The number of hydrogen-bond acceptors (Lipinski definition) is 1. The van der Waals surface area contributed by atoms with Gasteiger partial charge in [0, 0.05) is 12.1 Å². The van der Waals surface area contributed by atoms with Crippen LogP contribution in [0.25, 0.3) is 0 Å². The maximum absolute atomic E-state index is 14.8. The molecule has 2 atom stereocenters. The Morgan fingerprint density at radius 3 is 1.63 bits per heavy atom. The predicted molar refractivity (Wildman–Crippen MR) is 137 cm³/mol. The quantitative estimate of drug-likeness (QED) is 0.200. The third-order valence-corrected chi connectivity index (χ3v) is 11.5. The van der Waals surface area contributed by atoms with Crippen LogP contribution in [0.15, 0.2) is 24.3 Å². The maximum atomic E-state index is 14.8. The van der Waals surface area contributed by atoms with Crippen molar-refractivity contribution in [2.45, 2.75) is 102 Å². The van der Waals surface area contributed by atoms with Gasteiger partial charge in [-0.1, -0.05) is 12.2 Å². The predicted octanol–water partition coefficient (Wildman–Crippen LogP) is 9.85. The van der Waals surface area contributed by atoms with Crippen LogP contribution in [0, 0.1) is 64.3 Å². The second-order valence-electron chi connectivity index (χ2n) is 13.4. The van der Waals surface area contributed by atoms with E-state index >= 15 is 0 Å². The molecule has 0 aliphatic heterocycles. The number of rotatable bonds is 6. The Morgan fingerprint density at radius 2 is 1.18 bits per heavy atom. The van der Waals surface area contributed by atoms with Gasteiger partial charge < -0.3 is 4.74 Å². The lowest BCUT2D eigenvalue weighted by atomic mass is 9.62. The molecule has 1 nitrogen and oxygen atoms in total. The first-order valence-corrected chi connectivity index (χ1v) is 15.1. The van der Waals surface area contributed by atoms with Crippen LogP contribution < -0.4 is 4.74 Å². The van der Waals surface area contributed by atoms with Crippen molar-refractivity contribution in [3.8, 4) is 5.75 Å². The van der Waals surface area contributed by atoms with Crippen molar-refractivity contribution in [2.24, 2.45) is 46.8 Å². The zero-order valence-electron chi connectivity index (χ0n) is 22.3. The van der Waals surface area contributed by atoms with Gasteiger partial charge in [0.1, 0.15) is 5.75 Å². The highest BCUT2D eigenvalue weighted by atomic mass is 19.3. The summed E-state index contributed by atoms with van der Waals surface area (Å²) in [6.07, 6.45) is 18.5. The molecule has 2 bridgehead atoms. The fourth-order valence-electron chi connectivity index (χ4n) is 9.31. The lowest BCUT2D eigenvalue weighted by molar-refractivity contribution is -0.224. The van der Waals surface area contributed by atoms with E-state index in [1.165, 1.54) is 70.6 Å². The van der Waals surface area contributed by atoms with Crippen LogP contribution >= 0.6 is 0 Å². The molecule has 38 heavy (non-hydrogen) atoms. The topological polar surface area (TPSA) is 9.23 Å². The lowest BCUT2D eigenvalue weighted by Crippen LogP contribution is -2.38. The number of hydrogen-bond donors (Lipinski definition) is 0. The number of halogens is 5. The van der Waals surface area contributed by atoms with Gasteiger partial charge in [0.25, 0.3) is 0 Å². The smallest absolute Gasteiger partial charge is 0.400 e. The summed E-state index contributed by atoms with van der Waals surface area (Å²) >= 11 is 0. The first kappa shape index (κ1) is 26.6. The van der Waals surface area contributed by atoms with Gasteiger partial charge in [-0.2, -0.15) is 8.78 Å². The Morgan fingerprint density at radius 1 is 0.684 bits per heavy atom. The number of ether oxygens (including phenoxy) is 1. The molecule has 6 heteroatoms. The third kappa shape index (κ3) is 5.14. The Balaban J connectivity index is 0.946. The highest BCUT2D eigenvalue weighted by molar-refractivity contribution is 5.25. The molecular formula is C32H41F5O. The highest BCUT2D eigenvalue weighted by Crippen LogP contribution is 2.58. The van der Waals surface area contributed by atoms with Gasteiger partial charge in [0.05, 0.1) is 5.92 Å². The SMILES string of the molecule is Fc1cc(OC(F)(F)C2CCC(C3CCC(C4CCC([C@@]56C=CC(CC5)C6)CC4)CC3)CC2)cc(F)c1F. The van der Waals surface area contributed by atoms with Gasteiger partial charge >= 0.3 is 6.11 Å². The van der Waals surface area contributed by atoms with Crippen molar-refractivity contribution < 1.29 is 26.7 Å². The summed E-state index contributed by atoms with van der Waals surface area (Å²) in [4.78, 5) is 0. The van der Waals surface area contributed by atoms with Crippen LogP contribution in [0.4, 0.5) is 22.0 Å². The second-order valence-corrected chi connectivity index (χ2v) is 13.4. The number of allylic oxidation sites excluding steroid dienone is 2. The first-order chi connectivity index (χ1) is 18.2. The molecule has 0 aromatic heterocycles. The number of fused-ring (bicyclic) bond motifs is 2. The summed E-state index contributed by atoms with van der Waals surface area (Å²) < 4.78 is 74.3. The summed E-state index contributed by atoms with van der Waals surface area (Å²) in [7, 11) is 0. The molecule has 0 saturated heterocycles. The fraction of sp³-hybridized carbons (Fsp3) is 0.750. The summed E-state index contributed by atoms with van der Waals surface area (Å²) in [5.41, 5.74) is 0.541. The van der Waals surface area contributed by atoms with Crippen molar-refractivity contribution in [3.63, 3.8) is 0 Å². The van der Waals surface area contributed by atoms with Crippen molar-refractivity contribution in [3.05, 3.63) is 41.7 Å². The van der Waals surface area contributed by atoms with Gasteiger partial charge in [-0.25, -0.2) is 13.2 Å². The largest absolute Gasteiger partial charge is 0.432 e. The van der Waals surface area contributed by atoms with Crippen LogP contribution in [0.2, 0.25) is 0 Å². The number of benzene rings is 1. The van der Waals surface area contributed by atoms with Crippen LogP contribution in [-0.2, 0) is 0 Å². The normalized spacial score (nSPS) is 39.4. The van der Waals surface area contributed by atoms with E-state index < -0.39 is 35.2 Å². The molecule has 1 aromatic rings. The first-order valence-electron chi connectivity index (χ1n) is 15.1. The molecule has 6 rings (SSSR count). The standard InChI is InChI=1S/C32H41F5O/c33-28-17-27(18-29(34)30(28)35)38-32(36,37)26-11-7-24(8-12-26)22-3-1-21(2-4-22)23-5-9-25(10-6-23)31-15-13-20(19-31)14-16-31/h13,15,17-18,20-26H,1-12,14,16,19H2/t20?,21?,22?,23?,24?,25?,26?,31-/m0/s1. The highest BCUT2D eigenvalue weighted by Gasteiger charge is 2.48. The van der Waals surface area contributed by atoms with Crippen LogP contribution in [0.5, 0.6) is 5.75 Å². The molecule has 5 aliphatic carbocycles. The Labute approximate surface area is 223 Å². The molecule has 1 unspecified atom stereocenters. The van der Waals surface area contributed by atoms with Crippen LogP contribution in [0.1, 0.15) is 96.3 Å².